The highest BCUT2D eigenvalue weighted by Crippen LogP contribution is 2.48. The van der Waals surface area contributed by atoms with Crippen molar-refractivity contribution in [1.29, 1.82) is 0 Å². The molecule has 0 spiro atoms. The Morgan fingerprint density at radius 3 is 2.38 bits per heavy atom. The molecule has 1 amide bonds. The van der Waals surface area contributed by atoms with Crippen molar-refractivity contribution in [2.24, 2.45) is 0 Å². The summed E-state index contributed by atoms with van der Waals surface area (Å²) in [4.78, 5) is 32.9. The summed E-state index contributed by atoms with van der Waals surface area (Å²) in [5.41, 5.74) is 7.22. The summed E-state index contributed by atoms with van der Waals surface area (Å²) in [6, 6.07) is 16.9. The lowest BCUT2D eigenvalue weighted by Crippen LogP contribution is -2.30. The highest BCUT2D eigenvalue weighted by Gasteiger charge is 2.28. The number of allylic oxidation sites excluding steroid dienone is 1. The molecular weight excluding hydrogens is 404 g/mol. The summed E-state index contributed by atoms with van der Waals surface area (Å²) in [6.07, 6.45) is 1.67. The molecule has 1 aliphatic heterocycles. The summed E-state index contributed by atoms with van der Waals surface area (Å²) in [5.74, 6) is 0.308. The number of thioether (sulfide) groups is 1. The van der Waals surface area contributed by atoms with Crippen LogP contribution in [0, 0.1) is 0 Å². The first kappa shape index (κ1) is 19.4. The molecule has 0 aliphatic carbocycles. The van der Waals surface area contributed by atoms with Crippen LogP contribution in [0.15, 0.2) is 87.0 Å². The number of hydrogen-bond acceptors (Lipinski definition) is 6. The number of nitrogens with zero attached hydrogens (tertiary/aromatic N) is 3. The van der Waals surface area contributed by atoms with E-state index in [0.717, 1.165) is 21.2 Å². The van der Waals surface area contributed by atoms with Crippen LogP contribution < -0.4 is 16.2 Å². The van der Waals surface area contributed by atoms with Crippen LogP contribution in [0.4, 0.5) is 17.2 Å². The molecule has 3 aromatic rings. The van der Waals surface area contributed by atoms with Gasteiger partial charge in [-0.25, -0.2) is 0 Å². The van der Waals surface area contributed by atoms with Gasteiger partial charge in [-0.15, -0.1) is 6.58 Å². The van der Waals surface area contributed by atoms with Crippen molar-refractivity contribution < 1.29 is 4.79 Å². The lowest BCUT2D eigenvalue weighted by molar-refractivity contribution is -0.115. The average molecular weight is 423 g/mol. The maximum absolute atomic E-state index is 13.3. The lowest BCUT2D eigenvalue weighted by atomic mass is 10.2. The quantitative estimate of drug-likeness (QED) is 0.381. The van der Waals surface area contributed by atoms with Gasteiger partial charge in [0.15, 0.2) is 5.16 Å². The molecule has 8 heteroatoms. The number of fused-ring (bicyclic) bond motifs is 2. The number of amides is 1. The van der Waals surface area contributed by atoms with E-state index in [4.69, 9.17) is 5.73 Å². The van der Waals surface area contributed by atoms with E-state index in [9.17, 15) is 9.59 Å². The largest absolute Gasteiger partial charge is 0.385 e. The second-order valence-electron chi connectivity index (χ2n) is 6.26. The molecule has 0 saturated heterocycles. The monoisotopic (exact) mass is 422 g/mol. The number of anilines is 3. The summed E-state index contributed by atoms with van der Waals surface area (Å²) in [6.45, 7) is 4.11. The van der Waals surface area contributed by atoms with Gasteiger partial charge in [-0.05, 0) is 24.3 Å². The molecule has 146 valence electrons. The zero-order valence-electron chi connectivity index (χ0n) is 15.4. The minimum Gasteiger partial charge on any atom is -0.385 e. The molecule has 6 nitrogen and oxygen atoms in total. The maximum Gasteiger partial charge on any atom is 0.275 e. The van der Waals surface area contributed by atoms with Gasteiger partial charge in [0.05, 0.1) is 17.1 Å². The summed E-state index contributed by atoms with van der Waals surface area (Å²) < 4.78 is 1.67. The molecule has 2 heterocycles. The fraction of sp³-hybridized carbons (Fsp3) is 0.0952. The summed E-state index contributed by atoms with van der Waals surface area (Å²) in [7, 11) is 0. The zero-order chi connectivity index (χ0) is 20.4. The first-order valence-electron chi connectivity index (χ1n) is 8.88. The van der Waals surface area contributed by atoms with Crippen LogP contribution in [-0.2, 0) is 11.3 Å². The van der Waals surface area contributed by atoms with Gasteiger partial charge in [-0.3, -0.25) is 14.5 Å². The Balaban J connectivity index is 1.65. The first-order chi connectivity index (χ1) is 14.1. The zero-order valence-corrected chi connectivity index (χ0v) is 17.1. The summed E-state index contributed by atoms with van der Waals surface area (Å²) >= 11 is 2.84. The number of benzene rings is 2. The lowest BCUT2D eigenvalue weighted by Gasteiger charge is -2.31. The van der Waals surface area contributed by atoms with Gasteiger partial charge in [-0.2, -0.15) is 4.98 Å². The third-order valence-electron chi connectivity index (χ3n) is 4.34. The van der Waals surface area contributed by atoms with E-state index in [2.05, 4.69) is 11.6 Å². The van der Waals surface area contributed by atoms with Crippen molar-refractivity contribution in [3.63, 3.8) is 0 Å². The third kappa shape index (κ3) is 3.81. The van der Waals surface area contributed by atoms with Gasteiger partial charge in [0.1, 0.15) is 5.82 Å². The van der Waals surface area contributed by atoms with Crippen molar-refractivity contribution in [3.05, 3.63) is 77.6 Å². The van der Waals surface area contributed by atoms with E-state index in [1.807, 2.05) is 48.5 Å². The number of carbonyl (C=O) groups is 1. The second-order valence-corrected chi connectivity index (χ2v) is 8.28. The van der Waals surface area contributed by atoms with E-state index in [-0.39, 0.29) is 11.7 Å². The minimum atomic E-state index is -0.428. The van der Waals surface area contributed by atoms with Crippen molar-refractivity contribution in [3.8, 4) is 0 Å². The number of rotatable bonds is 5. The van der Waals surface area contributed by atoms with Crippen molar-refractivity contribution in [2.75, 3.05) is 16.4 Å². The molecule has 0 unspecified atom stereocenters. The van der Waals surface area contributed by atoms with Crippen LogP contribution in [0.25, 0.3) is 0 Å². The Hall–Kier alpha value is -2.97. The van der Waals surface area contributed by atoms with Crippen molar-refractivity contribution in [1.82, 2.24) is 9.55 Å². The molecule has 0 bridgehead atoms. The van der Waals surface area contributed by atoms with E-state index in [1.54, 1.807) is 27.3 Å². The number of carbonyl (C=O) groups excluding carboxylic acids is 1. The molecular formula is C21H18N4O2S2. The van der Waals surface area contributed by atoms with Gasteiger partial charge < -0.3 is 10.3 Å². The molecule has 4 rings (SSSR count). The highest BCUT2D eigenvalue weighted by atomic mass is 32.2. The van der Waals surface area contributed by atoms with Crippen molar-refractivity contribution >= 4 is 46.6 Å². The molecule has 2 N–H and O–H groups in total. The molecule has 0 atom stereocenters. The van der Waals surface area contributed by atoms with E-state index in [1.165, 1.54) is 17.8 Å². The maximum atomic E-state index is 13.3. The molecule has 0 radical (unpaired) electrons. The van der Waals surface area contributed by atoms with E-state index >= 15 is 0 Å². The highest BCUT2D eigenvalue weighted by molar-refractivity contribution is 8.00. The first-order valence-corrected chi connectivity index (χ1v) is 10.7. The Labute approximate surface area is 176 Å². The number of hydrogen-bond donors (Lipinski definition) is 1. The molecule has 2 aromatic carbocycles. The normalized spacial score (nSPS) is 12.2. The fourth-order valence-corrected chi connectivity index (χ4v) is 5.02. The van der Waals surface area contributed by atoms with Crippen LogP contribution in [-0.4, -0.2) is 21.2 Å². The second kappa shape index (κ2) is 8.18. The van der Waals surface area contributed by atoms with Crippen LogP contribution in [0.2, 0.25) is 0 Å². The minimum absolute atomic E-state index is 0.1000. The van der Waals surface area contributed by atoms with Crippen LogP contribution in [0.1, 0.15) is 0 Å². The molecule has 0 fully saturated rings. The van der Waals surface area contributed by atoms with E-state index < -0.39 is 5.56 Å². The van der Waals surface area contributed by atoms with Crippen LogP contribution in [0.3, 0.4) is 0 Å². The number of nitrogen functional groups attached to an aromatic ring is 1. The van der Waals surface area contributed by atoms with Crippen LogP contribution >= 0.6 is 23.5 Å². The van der Waals surface area contributed by atoms with Gasteiger partial charge in [-0.1, -0.05) is 53.9 Å². The predicted molar refractivity (Wildman–Crippen MR) is 118 cm³/mol. The van der Waals surface area contributed by atoms with Crippen LogP contribution in [0.5, 0.6) is 0 Å². The van der Waals surface area contributed by atoms with Crippen molar-refractivity contribution in [2.45, 2.75) is 21.5 Å². The molecule has 1 aromatic heterocycles. The van der Waals surface area contributed by atoms with E-state index in [0.29, 0.717) is 17.5 Å². The smallest absolute Gasteiger partial charge is 0.275 e. The summed E-state index contributed by atoms with van der Waals surface area (Å²) in [5, 5.41) is 0.399. The fourth-order valence-electron chi connectivity index (χ4n) is 3.09. The third-order valence-corrected chi connectivity index (χ3v) is 6.43. The average Bonchev–Trinajstić information content (AvgIpc) is 2.72. The SMILES string of the molecule is C=CCn1c(N)cc(=O)nc1SCC(=O)N1c2ccccc2Sc2ccccc21. The standard InChI is InChI=1S/C21H18N4O2S2/c1-2-11-24-18(22)12-19(26)23-21(24)28-13-20(27)25-14-7-3-5-9-16(14)29-17-10-6-4-8-15(17)25/h2-10,12H,1,11,13,22H2. The predicted octanol–water partition coefficient (Wildman–Crippen LogP) is 3.93. The van der Waals surface area contributed by atoms with Gasteiger partial charge in [0.25, 0.3) is 5.56 Å². The Kier molecular flexibility index (Phi) is 5.46. The number of aromatic nitrogens is 2. The number of nitrogens with two attached hydrogens (primary N) is 1. The van der Waals surface area contributed by atoms with Gasteiger partial charge in [0.2, 0.25) is 5.91 Å². The Bertz CT molecular complexity index is 1110. The Morgan fingerprint density at radius 2 is 1.76 bits per heavy atom. The molecule has 29 heavy (non-hydrogen) atoms. The molecule has 0 saturated carbocycles. The van der Waals surface area contributed by atoms with Gasteiger partial charge >= 0.3 is 0 Å². The molecule has 1 aliphatic rings. The Morgan fingerprint density at radius 1 is 1.14 bits per heavy atom. The number of para-hydroxylation sites is 2. The van der Waals surface area contributed by atoms with Gasteiger partial charge in [0, 0.05) is 22.4 Å². The topological polar surface area (TPSA) is 81.2 Å².